The van der Waals surface area contributed by atoms with Crippen LogP contribution < -0.4 is 0 Å². The normalized spacial score (nSPS) is 17.1. The third-order valence-electron chi connectivity index (χ3n) is 4.92. The topological polar surface area (TPSA) is 74.7 Å². The summed E-state index contributed by atoms with van der Waals surface area (Å²) < 4.78 is 23.4. The maximum Gasteiger partial charge on any atom is 0.253 e. The standard InChI is InChI=1S/C20H23NO4S/c1-26(24,25)18-9-5-8-17(14-18)20(23)21-12-10-16(11-13-21)19(22)15-6-3-2-4-7-15/h2-9,14,16,19,22H,10-13H2,1H3/t19-/m0/s1. The zero-order valence-electron chi connectivity index (χ0n) is 14.7. The molecule has 1 aliphatic heterocycles. The van der Waals surface area contributed by atoms with Crippen molar-refractivity contribution in [2.75, 3.05) is 19.3 Å². The molecule has 138 valence electrons. The number of nitrogens with zero attached hydrogens (tertiary/aromatic N) is 1. The van der Waals surface area contributed by atoms with Crippen molar-refractivity contribution in [1.29, 1.82) is 0 Å². The molecule has 1 heterocycles. The molecule has 1 N–H and O–H groups in total. The van der Waals surface area contributed by atoms with Crippen LogP contribution in [0.5, 0.6) is 0 Å². The molecule has 5 nitrogen and oxygen atoms in total. The highest BCUT2D eigenvalue weighted by molar-refractivity contribution is 7.90. The number of aliphatic hydroxyl groups is 1. The number of aliphatic hydroxyl groups excluding tert-OH is 1. The van der Waals surface area contributed by atoms with Crippen molar-refractivity contribution in [3.8, 4) is 0 Å². The van der Waals surface area contributed by atoms with Crippen LogP contribution in [0, 0.1) is 5.92 Å². The Kier molecular flexibility index (Phi) is 5.44. The Morgan fingerprint density at radius 3 is 2.35 bits per heavy atom. The Morgan fingerprint density at radius 2 is 1.73 bits per heavy atom. The Morgan fingerprint density at radius 1 is 1.08 bits per heavy atom. The van der Waals surface area contributed by atoms with Gasteiger partial charge in [-0.2, -0.15) is 0 Å². The highest BCUT2D eigenvalue weighted by Gasteiger charge is 2.28. The van der Waals surface area contributed by atoms with E-state index in [0.717, 1.165) is 11.8 Å². The van der Waals surface area contributed by atoms with E-state index in [4.69, 9.17) is 0 Å². The number of benzene rings is 2. The number of likely N-dealkylation sites (tertiary alicyclic amines) is 1. The third-order valence-corrected chi connectivity index (χ3v) is 6.03. The number of hydrogen-bond acceptors (Lipinski definition) is 4. The molecule has 26 heavy (non-hydrogen) atoms. The molecule has 2 aromatic rings. The monoisotopic (exact) mass is 373 g/mol. The molecule has 0 aliphatic carbocycles. The average molecular weight is 373 g/mol. The van der Waals surface area contributed by atoms with E-state index in [0.29, 0.717) is 31.5 Å². The van der Waals surface area contributed by atoms with Gasteiger partial charge in [0.15, 0.2) is 9.84 Å². The largest absolute Gasteiger partial charge is 0.388 e. The van der Waals surface area contributed by atoms with Crippen molar-refractivity contribution in [1.82, 2.24) is 4.90 Å². The van der Waals surface area contributed by atoms with Crippen LogP contribution in [0.1, 0.15) is 34.9 Å². The molecule has 0 aromatic heterocycles. The minimum atomic E-state index is -3.34. The van der Waals surface area contributed by atoms with Gasteiger partial charge >= 0.3 is 0 Å². The molecule has 2 aromatic carbocycles. The van der Waals surface area contributed by atoms with Crippen LogP contribution in [0.15, 0.2) is 59.5 Å². The number of amides is 1. The first-order chi connectivity index (χ1) is 12.4. The third kappa shape index (κ3) is 4.14. The van der Waals surface area contributed by atoms with Crippen molar-refractivity contribution in [2.45, 2.75) is 23.8 Å². The van der Waals surface area contributed by atoms with Crippen LogP contribution >= 0.6 is 0 Å². The SMILES string of the molecule is CS(=O)(=O)c1cccc(C(=O)N2CCC([C@@H](O)c3ccccc3)CC2)c1. The zero-order valence-corrected chi connectivity index (χ0v) is 15.5. The smallest absolute Gasteiger partial charge is 0.253 e. The van der Waals surface area contributed by atoms with Gasteiger partial charge in [0.25, 0.3) is 5.91 Å². The van der Waals surface area contributed by atoms with E-state index >= 15 is 0 Å². The molecule has 1 amide bonds. The molecule has 1 atom stereocenters. The van der Waals surface area contributed by atoms with Gasteiger partial charge in [0.1, 0.15) is 0 Å². The predicted octanol–water partition coefficient (Wildman–Crippen LogP) is 2.68. The second kappa shape index (κ2) is 7.60. The maximum absolute atomic E-state index is 12.7. The van der Waals surface area contributed by atoms with Gasteiger partial charge in [-0.3, -0.25) is 4.79 Å². The van der Waals surface area contributed by atoms with E-state index in [9.17, 15) is 18.3 Å². The number of sulfone groups is 1. The summed E-state index contributed by atoms with van der Waals surface area (Å²) in [6, 6.07) is 15.7. The molecule has 0 saturated carbocycles. The summed E-state index contributed by atoms with van der Waals surface area (Å²) in [5.74, 6) is -0.0491. The van der Waals surface area contributed by atoms with Gasteiger partial charge in [-0.25, -0.2) is 8.42 Å². The van der Waals surface area contributed by atoms with Gasteiger partial charge in [-0.15, -0.1) is 0 Å². The second-order valence-corrected chi connectivity index (χ2v) is 8.80. The van der Waals surface area contributed by atoms with Crippen LogP contribution in [-0.4, -0.2) is 43.7 Å². The zero-order chi connectivity index (χ0) is 18.7. The van der Waals surface area contributed by atoms with Gasteiger partial charge in [-0.1, -0.05) is 36.4 Å². The molecular formula is C20H23NO4S. The Hall–Kier alpha value is -2.18. The summed E-state index contributed by atoms with van der Waals surface area (Å²) in [4.78, 5) is 14.6. The number of rotatable bonds is 4. The molecule has 0 spiro atoms. The Bertz CT molecular complexity index is 872. The summed E-state index contributed by atoms with van der Waals surface area (Å²) in [6.45, 7) is 1.10. The van der Waals surface area contributed by atoms with Crippen LogP contribution in [-0.2, 0) is 9.84 Å². The summed E-state index contributed by atoms with van der Waals surface area (Å²) in [7, 11) is -3.34. The highest BCUT2D eigenvalue weighted by Crippen LogP contribution is 2.31. The van der Waals surface area contributed by atoms with Crippen molar-refractivity contribution < 1.29 is 18.3 Å². The summed E-state index contributed by atoms with van der Waals surface area (Å²) >= 11 is 0. The Balaban J connectivity index is 1.66. The fraction of sp³-hybridized carbons (Fsp3) is 0.350. The lowest BCUT2D eigenvalue weighted by atomic mass is 9.87. The molecule has 0 radical (unpaired) electrons. The maximum atomic E-state index is 12.7. The van der Waals surface area contributed by atoms with Crippen LogP contribution in [0.4, 0.5) is 0 Å². The predicted molar refractivity (Wildman–Crippen MR) is 99.6 cm³/mol. The summed E-state index contributed by atoms with van der Waals surface area (Å²) in [5.41, 5.74) is 1.29. The van der Waals surface area contributed by atoms with E-state index in [1.54, 1.807) is 17.0 Å². The highest BCUT2D eigenvalue weighted by atomic mass is 32.2. The van der Waals surface area contributed by atoms with Crippen molar-refractivity contribution in [2.24, 2.45) is 5.92 Å². The van der Waals surface area contributed by atoms with Crippen molar-refractivity contribution >= 4 is 15.7 Å². The lowest BCUT2D eigenvalue weighted by Gasteiger charge is -2.34. The van der Waals surface area contributed by atoms with Crippen LogP contribution in [0.25, 0.3) is 0 Å². The van der Waals surface area contributed by atoms with Crippen molar-refractivity contribution in [3.63, 3.8) is 0 Å². The second-order valence-electron chi connectivity index (χ2n) is 6.79. The number of carbonyl (C=O) groups is 1. The fourth-order valence-corrected chi connectivity index (χ4v) is 4.05. The molecule has 0 bridgehead atoms. The Labute approximate surface area is 154 Å². The molecule has 0 unspecified atom stereocenters. The molecule has 1 fully saturated rings. The number of piperidine rings is 1. The molecule has 6 heteroatoms. The molecular weight excluding hydrogens is 350 g/mol. The van der Waals surface area contributed by atoms with E-state index in [1.165, 1.54) is 12.1 Å². The van der Waals surface area contributed by atoms with Crippen LogP contribution in [0.2, 0.25) is 0 Å². The number of hydrogen-bond donors (Lipinski definition) is 1. The molecule has 1 saturated heterocycles. The average Bonchev–Trinajstić information content (AvgIpc) is 2.67. The molecule has 3 rings (SSSR count). The lowest BCUT2D eigenvalue weighted by Crippen LogP contribution is -2.39. The number of carbonyl (C=O) groups excluding carboxylic acids is 1. The first-order valence-electron chi connectivity index (χ1n) is 8.68. The van der Waals surface area contributed by atoms with E-state index < -0.39 is 15.9 Å². The molecule has 1 aliphatic rings. The van der Waals surface area contributed by atoms with Gasteiger partial charge in [0.05, 0.1) is 11.0 Å². The lowest BCUT2D eigenvalue weighted by molar-refractivity contribution is 0.0462. The van der Waals surface area contributed by atoms with Gasteiger partial charge < -0.3 is 10.0 Å². The fourth-order valence-electron chi connectivity index (χ4n) is 3.38. The van der Waals surface area contributed by atoms with Gasteiger partial charge in [0, 0.05) is 24.9 Å². The van der Waals surface area contributed by atoms with E-state index in [1.807, 2.05) is 30.3 Å². The first kappa shape index (κ1) is 18.6. The minimum absolute atomic E-state index is 0.115. The van der Waals surface area contributed by atoms with E-state index in [-0.39, 0.29) is 16.7 Å². The van der Waals surface area contributed by atoms with Gasteiger partial charge in [-0.05, 0) is 42.5 Å². The minimum Gasteiger partial charge on any atom is -0.388 e. The quantitative estimate of drug-likeness (QED) is 0.894. The van der Waals surface area contributed by atoms with E-state index in [2.05, 4.69) is 0 Å². The first-order valence-corrected chi connectivity index (χ1v) is 10.6. The van der Waals surface area contributed by atoms with Crippen molar-refractivity contribution in [3.05, 3.63) is 65.7 Å². The summed E-state index contributed by atoms with van der Waals surface area (Å²) in [5, 5.41) is 10.5. The summed E-state index contributed by atoms with van der Waals surface area (Å²) in [6.07, 6.45) is 2.04. The van der Waals surface area contributed by atoms with Gasteiger partial charge in [0.2, 0.25) is 0 Å². The van der Waals surface area contributed by atoms with Crippen LogP contribution in [0.3, 0.4) is 0 Å².